The first-order chi connectivity index (χ1) is 13.0. The maximum Gasteiger partial charge on any atom is 0.336 e. The molecule has 0 amide bonds. The van der Waals surface area contributed by atoms with Gasteiger partial charge in [-0.3, -0.25) is 4.79 Å². The Kier molecular flexibility index (Phi) is 4.85. The quantitative estimate of drug-likeness (QED) is 0.504. The minimum Gasteiger partial charge on any atom is -0.504 e. The van der Waals surface area contributed by atoms with Crippen molar-refractivity contribution in [3.05, 3.63) is 59.4 Å². The second-order valence-electron chi connectivity index (χ2n) is 5.54. The molecule has 1 heterocycles. The molecule has 0 radical (unpaired) electrons. The van der Waals surface area contributed by atoms with Crippen LogP contribution in [0.1, 0.15) is 26.3 Å². The van der Waals surface area contributed by atoms with Crippen LogP contribution in [0, 0.1) is 0 Å². The average Bonchev–Trinajstić information content (AvgIpc) is 3.14. The third kappa shape index (κ3) is 3.10. The summed E-state index contributed by atoms with van der Waals surface area (Å²) in [6.07, 6.45) is 3.93. The van der Waals surface area contributed by atoms with E-state index in [-0.39, 0.29) is 28.2 Å². The van der Waals surface area contributed by atoms with Crippen molar-refractivity contribution in [1.82, 2.24) is 0 Å². The lowest BCUT2D eigenvalue weighted by atomic mass is 10.0. The van der Waals surface area contributed by atoms with Crippen molar-refractivity contribution < 1.29 is 33.7 Å². The fourth-order valence-corrected chi connectivity index (χ4v) is 2.84. The zero-order chi connectivity index (χ0) is 19.6. The van der Waals surface area contributed by atoms with E-state index in [1.807, 2.05) is 0 Å². The molecule has 1 aromatic heterocycles. The van der Waals surface area contributed by atoms with Crippen molar-refractivity contribution in [3.8, 4) is 17.2 Å². The first kappa shape index (κ1) is 18.1. The van der Waals surface area contributed by atoms with Crippen LogP contribution >= 0.6 is 0 Å². The van der Waals surface area contributed by atoms with Crippen molar-refractivity contribution in [2.75, 3.05) is 14.2 Å². The molecule has 0 aliphatic rings. The molecule has 0 aliphatic heterocycles. The minimum absolute atomic E-state index is 0.0125. The summed E-state index contributed by atoms with van der Waals surface area (Å²) in [6, 6.07) is 7.86. The fraction of sp³-hybridized carbons (Fsp3) is 0.100. The number of aromatic carboxylic acids is 1. The van der Waals surface area contributed by atoms with E-state index in [9.17, 15) is 19.8 Å². The monoisotopic (exact) mass is 368 g/mol. The van der Waals surface area contributed by atoms with E-state index in [0.717, 1.165) is 0 Å². The van der Waals surface area contributed by atoms with Gasteiger partial charge in [-0.2, -0.15) is 0 Å². The molecule has 2 N–H and O–H groups in total. The van der Waals surface area contributed by atoms with E-state index >= 15 is 0 Å². The number of carbonyl (C=O) groups excluding carboxylic acids is 1. The summed E-state index contributed by atoms with van der Waals surface area (Å²) in [5.74, 6) is -1.95. The standard InChI is InChI=1S/C20H16O7/c1-25-17-13-9-10-27-18(13)19(26-2)16(22)15(17)14(21)8-7-11-5-3-4-6-12(11)20(23)24/h3-10,22H,1-2H3,(H,23,24). The SMILES string of the molecule is COc1c(C(=O)C=Cc2ccccc2C(=O)O)c(O)c(OC)c2occc12. The highest BCUT2D eigenvalue weighted by molar-refractivity contribution is 6.15. The van der Waals surface area contributed by atoms with Gasteiger partial charge in [0.15, 0.2) is 17.1 Å². The fourth-order valence-electron chi connectivity index (χ4n) is 2.84. The Morgan fingerprint density at radius 2 is 1.78 bits per heavy atom. The molecule has 0 unspecified atom stereocenters. The van der Waals surface area contributed by atoms with Crippen LogP contribution < -0.4 is 9.47 Å². The number of hydrogen-bond acceptors (Lipinski definition) is 6. The molecule has 0 spiro atoms. The topological polar surface area (TPSA) is 106 Å². The smallest absolute Gasteiger partial charge is 0.336 e. The van der Waals surface area contributed by atoms with Gasteiger partial charge in [-0.05, 0) is 23.8 Å². The number of carboxylic acid groups (broad SMARTS) is 1. The first-order valence-electron chi connectivity index (χ1n) is 7.88. The molecule has 0 saturated carbocycles. The first-order valence-corrected chi connectivity index (χ1v) is 7.88. The number of fused-ring (bicyclic) bond motifs is 1. The van der Waals surface area contributed by atoms with Gasteiger partial charge in [-0.25, -0.2) is 4.79 Å². The maximum absolute atomic E-state index is 12.8. The average molecular weight is 368 g/mol. The largest absolute Gasteiger partial charge is 0.504 e. The Morgan fingerprint density at radius 3 is 2.44 bits per heavy atom. The Hall–Kier alpha value is -3.74. The van der Waals surface area contributed by atoms with Crippen molar-refractivity contribution in [2.45, 2.75) is 0 Å². The lowest BCUT2D eigenvalue weighted by molar-refractivity contribution is 0.0696. The van der Waals surface area contributed by atoms with Crippen LogP contribution in [-0.2, 0) is 0 Å². The number of carboxylic acids is 1. The number of hydrogen-bond donors (Lipinski definition) is 2. The van der Waals surface area contributed by atoms with Gasteiger partial charge in [0.2, 0.25) is 5.75 Å². The summed E-state index contributed by atoms with van der Waals surface area (Å²) in [4.78, 5) is 24.1. The molecule has 0 bridgehead atoms. The number of phenols is 1. The Labute approximate surface area is 154 Å². The highest BCUT2D eigenvalue weighted by Crippen LogP contribution is 2.45. The summed E-state index contributed by atoms with van der Waals surface area (Å²) in [5.41, 5.74) is 0.560. The maximum atomic E-state index is 12.8. The molecule has 3 aromatic rings. The van der Waals surface area contributed by atoms with Gasteiger partial charge < -0.3 is 24.1 Å². The molecule has 0 atom stereocenters. The van der Waals surface area contributed by atoms with Crippen molar-refractivity contribution in [1.29, 1.82) is 0 Å². The molecule has 0 fully saturated rings. The summed E-state index contributed by atoms with van der Waals surface area (Å²) in [7, 11) is 2.71. The second kappa shape index (κ2) is 7.25. The van der Waals surface area contributed by atoms with Crippen molar-refractivity contribution >= 4 is 28.8 Å². The molecule has 3 rings (SSSR count). The predicted octanol–water partition coefficient (Wildman–Crippen LogP) is 3.75. The zero-order valence-corrected chi connectivity index (χ0v) is 14.6. The number of aromatic hydroxyl groups is 1. The summed E-state index contributed by atoms with van der Waals surface area (Å²) >= 11 is 0. The molecule has 0 aliphatic carbocycles. The Balaban J connectivity index is 2.11. The Bertz CT molecular complexity index is 1060. The van der Waals surface area contributed by atoms with E-state index in [0.29, 0.717) is 10.9 Å². The molecule has 138 valence electrons. The molecule has 2 aromatic carbocycles. The summed E-state index contributed by atoms with van der Waals surface area (Å²) in [6.45, 7) is 0. The van der Waals surface area contributed by atoms with Gasteiger partial charge in [0.25, 0.3) is 0 Å². The van der Waals surface area contributed by atoms with Gasteiger partial charge in [0.1, 0.15) is 11.3 Å². The van der Waals surface area contributed by atoms with Crippen LogP contribution in [-0.4, -0.2) is 36.2 Å². The second-order valence-corrected chi connectivity index (χ2v) is 5.54. The predicted molar refractivity (Wildman–Crippen MR) is 97.7 cm³/mol. The minimum atomic E-state index is -1.11. The molecule has 27 heavy (non-hydrogen) atoms. The number of carbonyl (C=O) groups is 2. The normalized spacial score (nSPS) is 11.0. The number of ketones is 1. The van der Waals surface area contributed by atoms with E-state index in [4.69, 9.17) is 13.9 Å². The number of rotatable bonds is 6. The van der Waals surface area contributed by atoms with Crippen LogP contribution in [0.4, 0.5) is 0 Å². The van der Waals surface area contributed by atoms with Crippen molar-refractivity contribution in [3.63, 3.8) is 0 Å². The highest BCUT2D eigenvalue weighted by atomic mass is 16.5. The molecule has 7 heteroatoms. The lowest BCUT2D eigenvalue weighted by Crippen LogP contribution is -2.03. The Morgan fingerprint density at radius 1 is 1.07 bits per heavy atom. The van der Waals surface area contributed by atoms with Crippen LogP contribution in [0.2, 0.25) is 0 Å². The molecular formula is C20H16O7. The molecule has 7 nitrogen and oxygen atoms in total. The number of phenolic OH excluding ortho intramolecular Hbond substituents is 1. The van der Waals surface area contributed by atoms with Gasteiger partial charge in [0.05, 0.1) is 31.4 Å². The van der Waals surface area contributed by atoms with Crippen LogP contribution in [0.25, 0.3) is 17.0 Å². The van der Waals surface area contributed by atoms with Crippen LogP contribution in [0.5, 0.6) is 17.2 Å². The zero-order valence-electron chi connectivity index (χ0n) is 14.6. The van der Waals surface area contributed by atoms with Gasteiger partial charge in [0, 0.05) is 0 Å². The molecule has 0 saturated heterocycles. The third-order valence-electron chi connectivity index (χ3n) is 4.06. The number of methoxy groups -OCH3 is 2. The van der Waals surface area contributed by atoms with Gasteiger partial charge >= 0.3 is 5.97 Å². The van der Waals surface area contributed by atoms with Crippen LogP contribution in [0.15, 0.2) is 47.1 Å². The highest BCUT2D eigenvalue weighted by Gasteiger charge is 2.26. The van der Waals surface area contributed by atoms with Gasteiger partial charge in [-0.15, -0.1) is 0 Å². The van der Waals surface area contributed by atoms with E-state index in [1.54, 1.807) is 24.3 Å². The van der Waals surface area contributed by atoms with E-state index in [2.05, 4.69) is 0 Å². The molecular weight excluding hydrogens is 352 g/mol. The van der Waals surface area contributed by atoms with Gasteiger partial charge in [-0.1, -0.05) is 24.3 Å². The summed E-state index contributed by atoms with van der Waals surface area (Å²) < 4.78 is 15.8. The van der Waals surface area contributed by atoms with E-state index in [1.165, 1.54) is 38.7 Å². The number of benzene rings is 2. The van der Waals surface area contributed by atoms with Crippen molar-refractivity contribution in [2.24, 2.45) is 0 Å². The number of ether oxygens (including phenoxy) is 2. The summed E-state index contributed by atoms with van der Waals surface area (Å²) in [5, 5.41) is 20.2. The third-order valence-corrected chi connectivity index (χ3v) is 4.06. The van der Waals surface area contributed by atoms with Crippen LogP contribution in [0.3, 0.4) is 0 Å². The number of allylic oxidation sites excluding steroid dienone is 1. The number of furan rings is 1. The lowest BCUT2D eigenvalue weighted by Gasteiger charge is -2.13. The van der Waals surface area contributed by atoms with E-state index < -0.39 is 17.5 Å².